The molecule has 2 heterocycles. The van der Waals surface area contributed by atoms with Gasteiger partial charge in [-0.3, -0.25) is 9.59 Å². The summed E-state index contributed by atoms with van der Waals surface area (Å²) in [6.45, 7) is 8.30. The number of nitrogens with one attached hydrogen (secondary N) is 3. The smallest absolute Gasteiger partial charge is 0.255 e. The molecule has 0 aliphatic carbocycles. The van der Waals surface area contributed by atoms with E-state index < -0.39 is 0 Å². The molecule has 0 saturated carbocycles. The fraction of sp³-hybridized carbons (Fsp3) is 0.346. The molecule has 1 aliphatic heterocycles. The molecule has 0 spiro atoms. The lowest BCUT2D eigenvalue weighted by Gasteiger charge is -2.24. The number of aromatic nitrogens is 1. The first-order valence-electron chi connectivity index (χ1n) is 11.3. The number of benzene rings is 1. The van der Waals surface area contributed by atoms with E-state index in [2.05, 4.69) is 41.7 Å². The van der Waals surface area contributed by atoms with Crippen molar-refractivity contribution in [1.82, 2.24) is 15.6 Å². The van der Waals surface area contributed by atoms with Crippen LogP contribution in [0.3, 0.4) is 0 Å². The number of nitrogens with two attached hydrogens (primary N) is 1. The van der Waals surface area contributed by atoms with Gasteiger partial charge in [-0.15, -0.1) is 0 Å². The van der Waals surface area contributed by atoms with Crippen molar-refractivity contribution in [2.75, 3.05) is 18.4 Å². The maximum Gasteiger partial charge on any atom is 0.255 e. The van der Waals surface area contributed by atoms with Crippen LogP contribution in [0.15, 0.2) is 60.4 Å². The Morgan fingerprint density at radius 3 is 2.42 bits per heavy atom. The summed E-state index contributed by atoms with van der Waals surface area (Å²) in [5.74, 6) is 0.391. The summed E-state index contributed by atoms with van der Waals surface area (Å²) >= 11 is 0. The molecule has 1 aromatic heterocycles. The van der Waals surface area contributed by atoms with E-state index in [-0.39, 0.29) is 17.0 Å². The molecule has 7 heteroatoms. The Bertz CT molecular complexity index is 1030. The lowest BCUT2D eigenvalue weighted by molar-refractivity contribution is -0.105. The summed E-state index contributed by atoms with van der Waals surface area (Å²) in [5.41, 5.74) is 8.69. The number of aldehydes is 1. The normalized spacial score (nSPS) is 15.7. The summed E-state index contributed by atoms with van der Waals surface area (Å²) in [5, 5.41) is 9.46. The Balaban J connectivity index is 1.73. The van der Waals surface area contributed by atoms with Gasteiger partial charge in [0.2, 0.25) is 0 Å². The lowest BCUT2D eigenvalue weighted by atomic mass is 9.87. The maximum atomic E-state index is 12.7. The molecular weight excluding hydrogens is 414 g/mol. The number of hydrogen-bond acceptors (Lipinski definition) is 6. The van der Waals surface area contributed by atoms with Gasteiger partial charge in [-0.25, -0.2) is 4.98 Å². The number of carbonyl (C=O) groups excluding carboxylic acids is 2. The molecule has 2 aromatic rings. The Hall–Kier alpha value is -3.45. The zero-order valence-corrected chi connectivity index (χ0v) is 19.5. The highest BCUT2D eigenvalue weighted by Gasteiger charge is 2.16. The van der Waals surface area contributed by atoms with E-state index in [0.717, 1.165) is 37.3 Å². The van der Waals surface area contributed by atoms with Crippen molar-refractivity contribution in [3.8, 4) is 0 Å². The second-order valence-corrected chi connectivity index (χ2v) is 9.20. The van der Waals surface area contributed by atoms with Crippen LogP contribution < -0.4 is 21.7 Å². The third-order valence-electron chi connectivity index (χ3n) is 5.62. The molecular formula is C26H33N5O2. The Morgan fingerprint density at radius 1 is 1.12 bits per heavy atom. The minimum Gasteiger partial charge on any atom is -0.404 e. The summed E-state index contributed by atoms with van der Waals surface area (Å²) < 4.78 is 0. The number of piperidine rings is 1. The number of nitrogens with zero attached hydrogens (tertiary/aromatic N) is 1. The van der Waals surface area contributed by atoms with E-state index in [1.54, 1.807) is 12.1 Å². The Morgan fingerprint density at radius 2 is 1.82 bits per heavy atom. The van der Waals surface area contributed by atoms with Crippen molar-refractivity contribution in [2.45, 2.75) is 45.1 Å². The van der Waals surface area contributed by atoms with Gasteiger partial charge >= 0.3 is 0 Å². The second kappa shape index (κ2) is 10.9. The van der Waals surface area contributed by atoms with Gasteiger partial charge in [0.25, 0.3) is 5.91 Å². The molecule has 1 fully saturated rings. The highest BCUT2D eigenvalue weighted by Crippen LogP contribution is 2.22. The first-order valence-corrected chi connectivity index (χ1v) is 11.3. The highest BCUT2D eigenvalue weighted by molar-refractivity contribution is 5.99. The predicted octanol–water partition coefficient (Wildman–Crippen LogP) is 3.36. The Labute approximate surface area is 195 Å². The minimum atomic E-state index is -0.362. The van der Waals surface area contributed by atoms with E-state index in [1.807, 2.05) is 30.3 Å². The van der Waals surface area contributed by atoms with Crippen molar-refractivity contribution in [3.63, 3.8) is 0 Å². The average molecular weight is 448 g/mol. The standard InChI is InChI=1S/C26H33N5O2/c1-26(2,3)20-9-7-18(8-10-20)25(33)30-22(17-32)15-19(16-27)23-5-4-6-24(31-23)29-21-11-13-28-14-12-21/h4-10,15-17,21,28H,11-14,27H2,1-3H3,(H,29,31)(H,30,33)/b19-16+,22-15+. The van der Waals surface area contributed by atoms with E-state index in [1.165, 1.54) is 12.3 Å². The number of pyridine rings is 1. The van der Waals surface area contributed by atoms with E-state index in [9.17, 15) is 9.59 Å². The minimum absolute atomic E-state index is 0.00600. The number of anilines is 1. The van der Waals surface area contributed by atoms with Crippen LogP contribution in [0.5, 0.6) is 0 Å². The molecule has 174 valence electrons. The molecule has 1 saturated heterocycles. The van der Waals surface area contributed by atoms with E-state index >= 15 is 0 Å². The third kappa shape index (κ3) is 6.76. The maximum absolute atomic E-state index is 12.7. The molecule has 0 radical (unpaired) electrons. The molecule has 1 aromatic carbocycles. The summed E-state index contributed by atoms with van der Waals surface area (Å²) in [6, 6.07) is 13.4. The summed E-state index contributed by atoms with van der Waals surface area (Å²) in [4.78, 5) is 29.0. The number of allylic oxidation sites excluding steroid dienone is 3. The first kappa shape index (κ1) is 24.2. The van der Waals surface area contributed by atoms with Gasteiger partial charge in [-0.2, -0.15) is 0 Å². The fourth-order valence-corrected chi connectivity index (χ4v) is 3.65. The zero-order chi connectivity index (χ0) is 23.8. The van der Waals surface area contributed by atoms with Crippen LogP contribution in [0.25, 0.3) is 5.57 Å². The van der Waals surface area contributed by atoms with Crippen molar-refractivity contribution in [3.05, 3.63) is 77.3 Å². The quantitative estimate of drug-likeness (QED) is 0.294. The van der Waals surface area contributed by atoms with Crippen molar-refractivity contribution >= 4 is 23.6 Å². The van der Waals surface area contributed by atoms with Crippen LogP contribution in [0.1, 0.15) is 55.2 Å². The van der Waals surface area contributed by atoms with E-state index in [4.69, 9.17) is 5.73 Å². The summed E-state index contributed by atoms with van der Waals surface area (Å²) in [7, 11) is 0. The van der Waals surface area contributed by atoms with Crippen LogP contribution >= 0.6 is 0 Å². The van der Waals surface area contributed by atoms with Gasteiger partial charge in [0, 0.05) is 23.4 Å². The largest absolute Gasteiger partial charge is 0.404 e. The van der Waals surface area contributed by atoms with Gasteiger partial charge in [0.1, 0.15) is 5.82 Å². The Kier molecular flexibility index (Phi) is 8.01. The molecule has 0 atom stereocenters. The van der Waals surface area contributed by atoms with Crippen LogP contribution in [0.4, 0.5) is 5.82 Å². The lowest BCUT2D eigenvalue weighted by Crippen LogP contribution is -2.35. The predicted molar refractivity (Wildman–Crippen MR) is 133 cm³/mol. The molecule has 5 N–H and O–H groups in total. The van der Waals surface area contributed by atoms with Gasteiger partial charge in [-0.05, 0) is 67.3 Å². The second-order valence-electron chi connectivity index (χ2n) is 9.20. The molecule has 0 unspecified atom stereocenters. The monoisotopic (exact) mass is 447 g/mol. The highest BCUT2D eigenvalue weighted by atomic mass is 16.2. The molecule has 3 rings (SSSR count). The fourth-order valence-electron chi connectivity index (χ4n) is 3.65. The van der Waals surface area contributed by atoms with Gasteiger partial charge in [0.15, 0.2) is 6.29 Å². The number of hydrogen-bond donors (Lipinski definition) is 4. The molecule has 1 aliphatic rings. The van der Waals surface area contributed by atoms with Crippen LogP contribution in [0, 0.1) is 0 Å². The number of rotatable bonds is 7. The van der Waals surface area contributed by atoms with Crippen molar-refractivity contribution in [2.24, 2.45) is 5.73 Å². The number of amides is 1. The van der Waals surface area contributed by atoms with Crippen LogP contribution in [0.2, 0.25) is 0 Å². The van der Waals surface area contributed by atoms with E-state index in [0.29, 0.717) is 29.2 Å². The van der Waals surface area contributed by atoms with Gasteiger partial charge in [-0.1, -0.05) is 39.0 Å². The SMILES string of the molecule is CC(C)(C)c1ccc(C(=O)N/C(C=O)=C/C(=C\N)c2cccc(NC3CCNCC3)n2)cc1. The summed E-state index contributed by atoms with van der Waals surface area (Å²) in [6.07, 6.45) is 5.57. The molecule has 33 heavy (non-hydrogen) atoms. The first-order chi connectivity index (χ1) is 15.8. The average Bonchev–Trinajstić information content (AvgIpc) is 2.82. The molecule has 1 amide bonds. The molecule has 0 bridgehead atoms. The van der Waals surface area contributed by atoms with Gasteiger partial charge < -0.3 is 21.7 Å². The van der Waals surface area contributed by atoms with Crippen molar-refractivity contribution in [1.29, 1.82) is 0 Å². The van der Waals surface area contributed by atoms with Crippen molar-refractivity contribution < 1.29 is 9.59 Å². The van der Waals surface area contributed by atoms with Crippen LogP contribution in [-0.2, 0) is 10.2 Å². The van der Waals surface area contributed by atoms with Gasteiger partial charge in [0.05, 0.1) is 11.4 Å². The molecule has 7 nitrogen and oxygen atoms in total. The third-order valence-corrected chi connectivity index (χ3v) is 5.62. The van der Waals surface area contributed by atoms with Crippen LogP contribution in [-0.4, -0.2) is 36.3 Å². The zero-order valence-electron chi connectivity index (χ0n) is 19.5. The topological polar surface area (TPSA) is 109 Å². The number of carbonyl (C=O) groups is 2.